The lowest BCUT2D eigenvalue weighted by Crippen LogP contribution is -2.28. The van der Waals surface area contributed by atoms with Gasteiger partial charge in [0.2, 0.25) is 0 Å². The Kier molecular flexibility index (Phi) is 4.72. The number of benzene rings is 1. The number of rotatable bonds is 6. The fraction of sp³-hybridized carbons (Fsp3) is 0.412. The maximum Gasteiger partial charge on any atom is 0.259 e. The summed E-state index contributed by atoms with van der Waals surface area (Å²) in [6.07, 6.45) is 5.66. The van der Waals surface area contributed by atoms with Gasteiger partial charge in [-0.3, -0.25) is 9.59 Å². The summed E-state index contributed by atoms with van der Waals surface area (Å²) in [4.78, 5) is 24.4. The second-order valence-electron chi connectivity index (χ2n) is 5.24. The third kappa shape index (κ3) is 2.98. The Balaban J connectivity index is 2.40. The number of ketones is 1. The number of pyridine rings is 1. The first-order valence-corrected chi connectivity index (χ1v) is 7.25. The molecule has 0 aliphatic rings. The number of fused-ring (bicyclic) bond motifs is 1. The fourth-order valence-corrected chi connectivity index (χ4v) is 2.58. The third-order valence-corrected chi connectivity index (χ3v) is 3.73. The van der Waals surface area contributed by atoms with Gasteiger partial charge < -0.3 is 4.57 Å². The lowest BCUT2D eigenvalue weighted by atomic mass is 10.0. The van der Waals surface area contributed by atoms with E-state index in [2.05, 4.69) is 6.92 Å². The highest BCUT2D eigenvalue weighted by Crippen LogP contribution is 2.17. The summed E-state index contributed by atoms with van der Waals surface area (Å²) in [6, 6.07) is 9.08. The molecule has 0 N–H and O–H groups in total. The number of aromatic nitrogens is 1. The first-order chi connectivity index (χ1) is 9.65. The largest absolute Gasteiger partial charge is 0.304 e. The maximum atomic E-state index is 12.5. The summed E-state index contributed by atoms with van der Waals surface area (Å²) in [7, 11) is 0. The summed E-state index contributed by atoms with van der Waals surface area (Å²) >= 11 is 0. The van der Waals surface area contributed by atoms with Gasteiger partial charge in [0, 0.05) is 11.6 Å². The molecule has 2 aromatic rings. The third-order valence-electron chi connectivity index (χ3n) is 3.73. The molecule has 0 aliphatic heterocycles. The Bertz CT molecular complexity index is 657. The summed E-state index contributed by atoms with van der Waals surface area (Å²) in [5.41, 5.74) is -0.0696. The molecule has 0 radical (unpaired) electrons. The summed E-state index contributed by atoms with van der Waals surface area (Å²) in [5.74, 6) is 0.0542. The molecule has 0 saturated heterocycles. The molecule has 0 bridgehead atoms. The standard InChI is InChI=1S/C17H21NO2/c1-3-4-5-10-16(13(2)19)18-12-11-14-8-6-7-9-15(14)17(18)20/h6-9,11-12,16H,3-5,10H2,1-2H3. The van der Waals surface area contributed by atoms with Crippen molar-refractivity contribution in [3.8, 4) is 0 Å². The molecule has 1 atom stereocenters. The monoisotopic (exact) mass is 271 g/mol. The van der Waals surface area contributed by atoms with Gasteiger partial charge in [-0.05, 0) is 30.9 Å². The number of hydrogen-bond donors (Lipinski definition) is 0. The Labute approximate surface area is 119 Å². The number of hydrogen-bond acceptors (Lipinski definition) is 2. The van der Waals surface area contributed by atoms with Gasteiger partial charge in [0.05, 0.1) is 6.04 Å². The Morgan fingerprint density at radius 1 is 1.20 bits per heavy atom. The average molecular weight is 271 g/mol. The van der Waals surface area contributed by atoms with Gasteiger partial charge in [0.15, 0.2) is 5.78 Å². The number of Topliss-reactive ketones (excluding diaryl/α,β-unsaturated/α-hetero) is 1. The molecular weight excluding hydrogens is 250 g/mol. The van der Waals surface area contributed by atoms with Crippen LogP contribution in [0, 0.1) is 0 Å². The van der Waals surface area contributed by atoms with Crippen LogP contribution < -0.4 is 5.56 Å². The van der Waals surface area contributed by atoms with Crippen molar-refractivity contribution < 1.29 is 4.79 Å². The SMILES string of the molecule is CCCCCC(C(C)=O)n1ccc2ccccc2c1=O. The topological polar surface area (TPSA) is 39.1 Å². The smallest absolute Gasteiger partial charge is 0.259 e. The highest BCUT2D eigenvalue weighted by molar-refractivity contribution is 5.83. The van der Waals surface area contributed by atoms with Crippen molar-refractivity contribution in [2.24, 2.45) is 0 Å². The van der Waals surface area contributed by atoms with Crippen molar-refractivity contribution in [2.75, 3.05) is 0 Å². The molecule has 2 rings (SSSR count). The van der Waals surface area contributed by atoms with E-state index >= 15 is 0 Å². The summed E-state index contributed by atoms with van der Waals surface area (Å²) in [5, 5.41) is 1.60. The number of carbonyl (C=O) groups excluding carboxylic acids is 1. The summed E-state index contributed by atoms with van der Waals surface area (Å²) < 4.78 is 1.60. The van der Waals surface area contributed by atoms with Crippen LogP contribution in [0.2, 0.25) is 0 Å². The van der Waals surface area contributed by atoms with E-state index in [4.69, 9.17) is 0 Å². The van der Waals surface area contributed by atoms with E-state index < -0.39 is 0 Å². The minimum atomic E-state index is -0.335. The minimum Gasteiger partial charge on any atom is -0.304 e. The summed E-state index contributed by atoms with van der Waals surface area (Å²) in [6.45, 7) is 3.70. The van der Waals surface area contributed by atoms with E-state index in [9.17, 15) is 9.59 Å². The van der Waals surface area contributed by atoms with E-state index in [-0.39, 0.29) is 17.4 Å². The molecule has 3 nitrogen and oxygen atoms in total. The minimum absolute atomic E-state index is 0.0542. The van der Waals surface area contributed by atoms with Gasteiger partial charge in [0.25, 0.3) is 5.56 Å². The zero-order chi connectivity index (χ0) is 14.5. The highest BCUT2D eigenvalue weighted by Gasteiger charge is 2.17. The van der Waals surface area contributed by atoms with Crippen LogP contribution >= 0.6 is 0 Å². The van der Waals surface area contributed by atoms with Gasteiger partial charge in [-0.25, -0.2) is 0 Å². The van der Waals surface area contributed by atoms with E-state index in [0.29, 0.717) is 5.39 Å². The molecule has 0 spiro atoms. The van der Waals surface area contributed by atoms with Gasteiger partial charge in [-0.15, -0.1) is 0 Å². The zero-order valence-corrected chi connectivity index (χ0v) is 12.1. The van der Waals surface area contributed by atoms with Gasteiger partial charge >= 0.3 is 0 Å². The van der Waals surface area contributed by atoms with Crippen LogP contribution in [0.15, 0.2) is 41.3 Å². The molecule has 106 valence electrons. The Morgan fingerprint density at radius 2 is 1.95 bits per heavy atom. The molecule has 1 aromatic heterocycles. The van der Waals surface area contributed by atoms with Gasteiger partial charge in [0.1, 0.15) is 0 Å². The zero-order valence-electron chi connectivity index (χ0n) is 12.1. The van der Waals surface area contributed by atoms with Gasteiger partial charge in [-0.1, -0.05) is 44.4 Å². The Morgan fingerprint density at radius 3 is 2.65 bits per heavy atom. The molecule has 1 aromatic carbocycles. The van der Waals surface area contributed by atoms with Crippen molar-refractivity contribution in [3.63, 3.8) is 0 Å². The van der Waals surface area contributed by atoms with Crippen LogP contribution in [-0.4, -0.2) is 10.4 Å². The first-order valence-electron chi connectivity index (χ1n) is 7.25. The van der Waals surface area contributed by atoms with Crippen LogP contribution in [0.5, 0.6) is 0 Å². The number of nitrogens with zero attached hydrogens (tertiary/aromatic N) is 1. The molecular formula is C17H21NO2. The van der Waals surface area contributed by atoms with Crippen molar-refractivity contribution >= 4 is 16.6 Å². The second-order valence-corrected chi connectivity index (χ2v) is 5.24. The van der Waals surface area contributed by atoms with E-state index in [1.165, 1.54) is 0 Å². The van der Waals surface area contributed by atoms with Crippen LogP contribution in [0.3, 0.4) is 0 Å². The van der Waals surface area contributed by atoms with Crippen LogP contribution in [-0.2, 0) is 4.79 Å². The van der Waals surface area contributed by atoms with Crippen LogP contribution in [0.25, 0.3) is 10.8 Å². The average Bonchev–Trinajstić information content (AvgIpc) is 2.45. The number of unbranched alkanes of at least 4 members (excludes halogenated alkanes) is 2. The molecule has 1 unspecified atom stereocenters. The van der Waals surface area contributed by atoms with E-state index in [0.717, 1.165) is 31.1 Å². The molecule has 0 saturated carbocycles. The van der Waals surface area contributed by atoms with Crippen molar-refractivity contribution in [1.29, 1.82) is 0 Å². The van der Waals surface area contributed by atoms with Crippen LogP contribution in [0.1, 0.15) is 45.6 Å². The maximum absolute atomic E-state index is 12.5. The lowest BCUT2D eigenvalue weighted by molar-refractivity contribution is -0.120. The predicted molar refractivity (Wildman–Crippen MR) is 82.1 cm³/mol. The van der Waals surface area contributed by atoms with E-state index in [1.807, 2.05) is 30.3 Å². The lowest BCUT2D eigenvalue weighted by Gasteiger charge is -2.17. The first kappa shape index (κ1) is 14.5. The van der Waals surface area contributed by atoms with Crippen molar-refractivity contribution in [1.82, 2.24) is 4.57 Å². The quantitative estimate of drug-likeness (QED) is 0.751. The molecule has 1 heterocycles. The van der Waals surface area contributed by atoms with Crippen molar-refractivity contribution in [2.45, 2.75) is 45.6 Å². The van der Waals surface area contributed by atoms with Gasteiger partial charge in [-0.2, -0.15) is 0 Å². The highest BCUT2D eigenvalue weighted by atomic mass is 16.1. The molecule has 0 amide bonds. The van der Waals surface area contributed by atoms with E-state index in [1.54, 1.807) is 17.7 Å². The second kappa shape index (κ2) is 6.51. The fourth-order valence-electron chi connectivity index (χ4n) is 2.58. The Hall–Kier alpha value is -1.90. The van der Waals surface area contributed by atoms with Crippen molar-refractivity contribution in [3.05, 3.63) is 46.9 Å². The molecule has 0 fully saturated rings. The predicted octanol–water partition coefficient (Wildman–Crippen LogP) is 3.71. The molecule has 0 aliphatic carbocycles. The number of carbonyl (C=O) groups is 1. The van der Waals surface area contributed by atoms with Crippen LogP contribution in [0.4, 0.5) is 0 Å². The molecule has 20 heavy (non-hydrogen) atoms. The molecule has 3 heteroatoms. The normalized spacial score (nSPS) is 12.5.